The molecule has 118 valence electrons. The van der Waals surface area contributed by atoms with Crippen LogP contribution in [-0.4, -0.2) is 30.4 Å². The molecular weight excluding hydrogens is 284 g/mol. The third-order valence-electron chi connectivity index (χ3n) is 4.62. The summed E-state index contributed by atoms with van der Waals surface area (Å²) in [5.74, 6) is 0.160. The Hall–Kier alpha value is -1.06. The molecule has 2 N–H and O–H groups in total. The third-order valence-corrected chi connectivity index (χ3v) is 4.62. The first-order chi connectivity index (χ1) is 9.49. The number of aryl methyl sites for hydroxylation is 1. The normalized spacial score (nSPS) is 22.8. The smallest absolute Gasteiger partial charge is 0.229 e. The number of amides is 1. The Balaban J connectivity index is 0.00000220. The maximum Gasteiger partial charge on any atom is 0.229 e. The fourth-order valence-electron chi connectivity index (χ4n) is 2.84. The van der Waals surface area contributed by atoms with Crippen LogP contribution in [-0.2, 0) is 11.2 Å². The summed E-state index contributed by atoms with van der Waals surface area (Å²) in [4.78, 5) is 14.6. The highest BCUT2D eigenvalue weighted by atomic mass is 35.5. The largest absolute Gasteiger partial charge is 0.342 e. The molecule has 2 rings (SSSR count). The summed E-state index contributed by atoms with van der Waals surface area (Å²) in [6.07, 6.45) is 2.04. The summed E-state index contributed by atoms with van der Waals surface area (Å²) >= 11 is 0. The maximum absolute atomic E-state index is 12.6. The molecule has 0 saturated carbocycles. The lowest BCUT2D eigenvalue weighted by molar-refractivity contribution is -0.131. The summed E-state index contributed by atoms with van der Waals surface area (Å²) in [6.45, 7) is 8.59. The highest BCUT2D eigenvalue weighted by molar-refractivity contribution is 5.85. The zero-order valence-electron chi connectivity index (χ0n) is 13.3. The average Bonchev–Trinajstić information content (AvgIpc) is 2.89. The standard InChI is InChI=1S/C17H26N2O.ClH/c1-4-14-5-7-15(8-6-14)13(2)16(20)19-10-9-17(3,11-18)12-19;/h5-8,13H,4,9-12,18H2,1-3H3;1H. The highest BCUT2D eigenvalue weighted by Crippen LogP contribution is 2.31. The quantitative estimate of drug-likeness (QED) is 0.929. The number of hydrogen-bond donors (Lipinski definition) is 1. The van der Waals surface area contributed by atoms with E-state index in [2.05, 4.69) is 38.1 Å². The second-order valence-corrected chi connectivity index (χ2v) is 6.34. The van der Waals surface area contributed by atoms with Crippen LogP contribution in [0.2, 0.25) is 0 Å². The Kier molecular flexibility index (Phi) is 6.24. The number of likely N-dealkylation sites (tertiary alicyclic amines) is 1. The Morgan fingerprint density at radius 3 is 2.48 bits per heavy atom. The van der Waals surface area contributed by atoms with Crippen molar-refractivity contribution in [3.8, 4) is 0 Å². The fraction of sp³-hybridized carbons (Fsp3) is 0.588. The molecule has 1 amide bonds. The van der Waals surface area contributed by atoms with E-state index >= 15 is 0 Å². The van der Waals surface area contributed by atoms with Crippen LogP contribution in [0.15, 0.2) is 24.3 Å². The molecule has 3 nitrogen and oxygen atoms in total. The van der Waals surface area contributed by atoms with E-state index < -0.39 is 0 Å². The minimum absolute atomic E-state index is 0. The predicted molar refractivity (Wildman–Crippen MR) is 89.8 cm³/mol. The predicted octanol–water partition coefficient (Wildman–Crippen LogP) is 2.97. The molecule has 1 aliphatic heterocycles. The lowest BCUT2D eigenvalue weighted by Gasteiger charge is -2.25. The van der Waals surface area contributed by atoms with Gasteiger partial charge in [0.05, 0.1) is 5.92 Å². The summed E-state index contributed by atoms with van der Waals surface area (Å²) in [7, 11) is 0. The van der Waals surface area contributed by atoms with Crippen molar-refractivity contribution in [2.45, 2.75) is 39.5 Å². The lowest BCUT2D eigenvalue weighted by Crippen LogP contribution is -2.36. The van der Waals surface area contributed by atoms with Gasteiger partial charge in [0.25, 0.3) is 0 Å². The van der Waals surface area contributed by atoms with Gasteiger partial charge in [0, 0.05) is 13.1 Å². The summed E-state index contributed by atoms with van der Waals surface area (Å²) in [5.41, 5.74) is 8.33. The first-order valence-electron chi connectivity index (χ1n) is 7.57. The number of rotatable bonds is 4. The van der Waals surface area contributed by atoms with Crippen molar-refractivity contribution < 1.29 is 4.79 Å². The summed E-state index contributed by atoms with van der Waals surface area (Å²) in [6, 6.07) is 8.40. The number of hydrogen-bond acceptors (Lipinski definition) is 2. The first-order valence-corrected chi connectivity index (χ1v) is 7.57. The van der Waals surface area contributed by atoms with Gasteiger partial charge in [0.2, 0.25) is 5.91 Å². The maximum atomic E-state index is 12.6. The van der Waals surface area contributed by atoms with Crippen molar-refractivity contribution in [3.63, 3.8) is 0 Å². The molecule has 0 aromatic heterocycles. The van der Waals surface area contributed by atoms with Crippen molar-refractivity contribution >= 4 is 18.3 Å². The molecule has 1 aromatic rings. The Labute approximate surface area is 134 Å². The van der Waals surface area contributed by atoms with Crippen molar-refractivity contribution in [2.75, 3.05) is 19.6 Å². The Morgan fingerprint density at radius 2 is 2.00 bits per heavy atom. The molecule has 1 aromatic carbocycles. The second kappa shape index (κ2) is 7.28. The van der Waals surface area contributed by atoms with E-state index in [1.807, 2.05) is 11.8 Å². The van der Waals surface area contributed by atoms with E-state index in [0.717, 1.165) is 31.5 Å². The Bertz CT molecular complexity index is 474. The SMILES string of the molecule is CCc1ccc(C(C)C(=O)N2CCC(C)(CN)C2)cc1.Cl. The molecule has 21 heavy (non-hydrogen) atoms. The van der Waals surface area contributed by atoms with Crippen molar-refractivity contribution in [3.05, 3.63) is 35.4 Å². The van der Waals surface area contributed by atoms with Crippen LogP contribution in [0.4, 0.5) is 0 Å². The molecular formula is C17H27ClN2O. The Morgan fingerprint density at radius 1 is 1.38 bits per heavy atom. The topological polar surface area (TPSA) is 46.3 Å². The van der Waals surface area contributed by atoms with Crippen LogP contribution in [0, 0.1) is 5.41 Å². The van der Waals surface area contributed by atoms with Crippen molar-refractivity contribution in [1.29, 1.82) is 0 Å². The van der Waals surface area contributed by atoms with Gasteiger partial charge in [-0.3, -0.25) is 4.79 Å². The van der Waals surface area contributed by atoms with Gasteiger partial charge in [-0.05, 0) is 42.9 Å². The molecule has 1 heterocycles. The van der Waals surface area contributed by atoms with Gasteiger partial charge in [-0.2, -0.15) is 0 Å². The van der Waals surface area contributed by atoms with Gasteiger partial charge >= 0.3 is 0 Å². The van der Waals surface area contributed by atoms with E-state index in [1.165, 1.54) is 5.56 Å². The number of benzene rings is 1. The summed E-state index contributed by atoms with van der Waals surface area (Å²) < 4.78 is 0. The molecule has 4 heteroatoms. The van der Waals surface area contributed by atoms with Gasteiger partial charge < -0.3 is 10.6 Å². The van der Waals surface area contributed by atoms with Crippen LogP contribution in [0.1, 0.15) is 44.2 Å². The molecule has 0 aliphatic carbocycles. The highest BCUT2D eigenvalue weighted by Gasteiger charge is 2.36. The van der Waals surface area contributed by atoms with Crippen LogP contribution in [0.25, 0.3) is 0 Å². The van der Waals surface area contributed by atoms with Crippen LogP contribution < -0.4 is 5.73 Å². The number of nitrogens with two attached hydrogens (primary N) is 1. The van der Waals surface area contributed by atoms with Crippen LogP contribution in [0.3, 0.4) is 0 Å². The number of carbonyl (C=O) groups excluding carboxylic acids is 1. The van der Waals surface area contributed by atoms with E-state index in [4.69, 9.17) is 5.73 Å². The number of halogens is 1. The van der Waals surface area contributed by atoms with E-state index in [9.17, 15) is 4.79 Å². The molecule has 1 aliphatic rings. The van der Waals surface area contributed by atoms with Crippen molar-refractivity contribution in [2.24, 2.45) is 11.1 Å². The van der Waals surface area contributed by atoms with E-state index in [0.29, 0.717) is 6.54 Å². The van der Waals surface area contributed by atoms with Gasteiger partial charge in [-0.15, -0.1) is 12.4 Å². The third kappa shape index (κ3) is 3.98. The van der Waals surface area contributed by atoms with Crippen LogP contribution >= 0.6 is 12.4 Å². The van der Waals surface area contributed by atoms with Crippen molar-refractivity contribution in [1.82, 2.24) is 4.90 Å². The van der Waals surface area contributed by atoms with Gasteiger partial charge in [-0.1, -0.05) is 38.1 Å². The molecule has 2 atom stereocenters. The van der Waals surface area contributed by atoms with E-state index in [1.54, 1.807) is 0 Å². The van der Waals surface area contributed by atoms with Crippen LogP contribution in [0.5, 0.6) is 0 Å². The number of carbonyl (C=O) groups is 1. The number of nitrogens with zero attached hydrogens (tertiary/aromatic N) is 1. The molecule has 2 unspecified atom stereocenters. The van der Waals surface area contributed by atoms with E-state index in [-0.39, 0.29) is 29.6 Å². The molecule has 0 bridgehead atoms. The second-order valence-electron chi connectivity index (χ2n) is 6.34. The lowest BCUT2D eigenvalue weighted by atomic mass is 9.90. The monoisotopic (exact) mass is 310 g/mol. The molecule has 0 radical (unpaired) electrons. The molecule has 1 fully saturated rings. The zero-order valence-corrected chi connectivity index (χ0v) is 14.1. The minimum Gasteiger partial charge on any atom is -0.342 e. The van der Waals surface area contributed by atoms with Gasteiger partial charge in [0.15, 0.2) is 0 Å². The van der Waals surface area contributed by atoms with Gasteiger partial charge in [-0.25, -0.2) is 0 Å². The van der Waals surface area contributed by atoms with Gasteiger partial charge in [0.1, 0.15) is 0 Å². The first kappa shape index (κ1) is 18.0. The minimum atomic E-state index is -0.0685. The zero-order chi connectivity index (χ0) is 14.8. The average molecular weight is 311 g/mol. The fourth-order valence-corrected chi connectivity index (χ4v) is 2.84. The summed E-state index contributed by atoms with van der Waals surface area (Å²) in [5, 5.41) is 0. The molecule has 0 spiro atoms. The molecule has 1 saturated heterocycles.